The van der Waals surface area contributed by atoms with Crippen molar-refractivity contribution in [3.05, 3.63) is 29.3 Å². The zero-order valence-corrected chi connectivity index (χ0v) is 9.98. The summed E-state index contributed by atoms with van der Waals surface area (Å²) < 4.78 is 25.4. The fourth-order valence-corrected chi connectivity index (χ4v) is 2.09. The van der Waals surface area contributed by atoms with Crippen LogP contribution < -0.4 is 10.0 Å². The van der Waals surface area contributed by atoms with Crippen LogP contribution in [0.1, 0.15) is 11.1 Å². The summed E-state index contributed by atoms with van der Waals surface area (Å²) in [7, 11) is -0.0919. The normalized spacial score (nSPS) is 11.7. The van der Waals surface area contributed by atoms with Crippen LogP contribution in [-0.2, 0) is 16.6 Å². The summed E-state index contributed by atoms with van der Waals surface area (Å²) in [5.74, 6) is 0. The van der Waals surface area contributed by atoms with Gasteiger partial charge >= 0.3 is 0 Å². The van der Waals surface area contributed by atoms with Gasteiger partial charge in [-0.05, 0) is 44.3 Å². The van der Waals surface area contributed by atoms with Crippen molar-refractivity contribution in [2.24, 2.45) is 0 Å². The molecule has 0 aromatic heterocycles. The molecule has 0 aliphatic carbocycles. The van der Waals surface area contributed by atoms with Crippen LogP contribution >= 0.6 is 0 Å². The Morgan fingerprint density at radius 2 is 1.93 bits per heavy atom. The Morgan fingerprint density at radius 3 is 2.47 bits per heavy atom. The van der Waals surface area contributed by atoms with Gasteiger partial charge in [0.25, 0.3) is 0 Å². The fourth-order valence-electron chi connectivity index (χ4n) is 1.31. The molecule has 0 aliphatic heterocycles. The maximum Gasteiger partial charge on any atom is 0.240 e. The summed E-state index contributed by atoms with van der Waals surface area (Å²) in [6.07, 6.45) is 0. The zero-order valence-electron chi connectivity index (χ0n) is 9.16. The lowest BCUT2D eigenvalue weighted by Gasteiger charge is -2.08. The standard InChI is InChI=1S/C10H16N2O2S/c1-8-4-5-10(15(13,14)12-3)6-9(8)7-11-2/h4-6,11-12H,7H2,1-3H3. The lowest BCUT2D eigenvalue weighted by Crippen LogP contribution is -2.19. The number of nitrogens with one attached hydrogen (secondary N) is 2. The highest BCUT2D eigenvalue weighted by Crippen LogP contribution is 2.15. The van der Waals surface area contributed by atoms with E-state index in [-0.39, 0.29) is 0 Å². The van der Waals surface area contributed by atoms with Crippen molar-refractivity contribution in [2.45, 2.75) is 18.4 Å². The summed E-state index contributed by atoms with van der Waals surface area (Å²) in [6.45, 7) is 2.63. The minimum atomic E-state index is -3.33. The number of hydrogen-bond acceptors (Lipinski definition) is 3. The first-order chi connectivity index (χ1) is 7.01. The first kappa shape index (κ1) is 12.2. The highest BCUT2D eigenvalue weighted by molar-refractivity contribution is 7.89. The van der Waals surface area contributed by atoms with E-state index in [1.165, 1.54) is 7.05 Å². The molecule has 0 heterocycles. The van der Waals surface area contributed by atoms with E-state index in [1.54, 1.807) is 12.1 Å². The average Bonchev–Trinajstić information content (AvgIpc) is 2.21. The van der Waals surface area contributed by atoms with Crippen LogP contribution in [0.4, 0.5) is 0 Å². The second-order valence-corrected chi connectivity index (χ2v) is 5.21. The molecular formula is C10H16N2O2S. The number of sulfonamides is 1. The number of aryl methyl sites for hydroxylation is 1. The zero-order chi connectivity index (χ0) is 11.5. The molecule has 2 N–H and O–H groups in total. The molecular weight excluding hydrogens is 212 g/mol. The van der Waals surface area contributed by atoms with E-state index in [1.807, 2.05) is 20.0 Å². The lowest BCUT2D eigenvalue weighted by atomic mass is 10.1. The largest absolute Gasteiger partial charge is 0.316 e. The Bertz CT molecular complexity index is 441. The van der Waals surface area contributed by atoms with Crippen LogP contribution in [0.3, 0.4) is 0 Å². The minimum Gasteiger partial charge on any atom is -0.316 e. The van der Waals surface area contributed by atoms with Crippen LogP contribution in [0.25, 0.3) is 0 Å². The Morgan fingerprint density at radius 1 is 1.27 bits per heavy atom. The molecule has 0 fully saturated rings. The summed E-state index contributed by atoms with van der Waals surface area (Å²) in [5, 5.41) is 3.01. The van der Waals surface area contributed by atoms with Crippen molar-refractivity contribution >= 4 is 10.0 Å². The third kappa shape index (κ3) is 2.77. The van der Waals surface area contributed by atoms with Crippen molar-refractivity contribution in [3.8, 4) is 0 Å². The molecule has 1 aromatic rings. The van der Waals surface area contributed by atoms with E-state index >= 15 is 0 Å². The van der Waals surface area contributed by atoms with E-state index in [2.05, 4.69) is 10.0 Å². The summed E-state index contributed by atoms with van der Waals surface area (Å²) >= 11 is 0. The molecule has 0 amide bonds. The SMILES string of the molecule is CNCc1cc(S(=O)(=O)NC)ccc1C. The highest BCUT2D eigenvalue weighted by Gasteiger charge is 2.12. The smallest absolute Gasteiger partial charge is 0.240 e. The van der Waals surface area contributed by atoms with Crippen LogP contribution in [0.2, 0.25) is 0 Å². The molecule has 1 rings (SSSR count). The van der Waals surface area contributed by atoms with E-state index in [0.717, 1.165) is 11.1 Å². The van der Waals surface area contributed by atoms with Crippen LogP contribution in [0.5, 0.6) is 0 Å². The Labute approximate surface area is 90.8 Å². The molecule has 4 nitrogen and oxygen atoms in total. The third-order valence-corrected chi connectivity index (χ3v) is 3.68. The van der Waals surface area contributed by atoms with E-state index in [9.17, 15) is 8.42 Å². The monoisotopic (exact) mass is 228 g/mol. The predicted octanol–water partition coefficient (Wildman–Crippen LogP) is 0.623. The van der Waals surface area contributed by atoms with Crippen LogP contribution in [-0.4, -0.2) is 22.5 Å². The number of hydrogen-bond donors (Lipinski definition) is 2. The molecule has 84 valence electrons. The van der Waals surface area contributed by atoms with E-state index in [4.69, 9.17) is 0 Å². The van der Waals surface area contributed by atoms with Gasteiger partial charge in [-0.15, -0.1) is 0 Å². The molecule has 0 radical (unpaired) electrons. The maximum absolute atomic E-state index is 11.5. The van der Waals surface area contributed by atoms with Crippen LogP contribution in [0, 0.1) is 6.92 Å². The quantitative estimate of drug-likeness (QED) is 0.794. The molecule has 0 spiro atoms. The first-order valence-corrected chi connectivity index (χ1v) is 6.17. The van der Waals surface area contributed by atoms with E-state index in [0.29, 0.717) is 11.4 Å². The van der Waals surface area contributed by atoms with Gasteiger partial charge in [0.15, 0.2) is 0 Å². The predicted molar refractivity (Wildman–Crippen MR) is 60.2 cm³/mol. The third-order valence-electron chi connectivity index (χ3n) is 2.27. The molecule has 1 aromatic carbocycles. The average molecular weight is 228 g/mol. The van der Waals surface area contributed by atoms with E-state index < -0.39 is 10.0 Å². The molecule has 5 heteroatoms. The molecule has 15 heavy (non-hydrogen) atoms. The van der Waals surface area contributed by atoms with Crippen molar-refractivity contribution in [3.63, 3.8) is 0 Å². The van der Waals surface area contributed by atoms with Gasteiger partial charge in [0.05, 0.1) is 4.90 Å². The van der Waals surface area contributed by atoms with Gasteiger partial charge in [0, 0.05) is 6.54 Å². The second-order valence-electron chi connectivity index (χ2n) is 3.33. The molecule has 0 bridgehead atoms. The topological polar surface area (TPSA) is 58.2 Å². The fraction of sp³-hybridized carbons (Fsp3) is 0.400. The van der Waals surface area contributed by atoms with Crippen molar-refractivity contribution in [1.29, 1.82) is 0 Å². The summed E-state index contributed by atoms with van der Waals surface area (Å²) in [5.41, 5.74) is 2.08. The van der Waals surface area contributed by atoms with Gasteiger partial charge in [-0.2, -0.15) is 0 Å². The van der Waals surface area contributed by atoms with Crippen LogP contribution in [0.15, 0.2) is 23.1 Å². The van der Waals surface area contributed by atoms with Gasteiger partial charge in [0.2, 0.25) is 10.0 Å². The molecule has 0 saturated heterocycles. The Hall–Kier alpha value is -0.910. The number of benzene rings is 1. The Kier molecular flexibility index (Phi) is 3.84. The Balaban J connectivity index is 3.19. The number of rotatable bonds is 4. The summed E-state index contributed by atoms with van der Waals surface area (Å²) in [6, 6.07) is 5.12. The van der Waals surface area contributed by atoms with Crippen molar-refractivity contribution in [1.82, 2.24) is 10.0 Å². The van der Waals surface area contributed by atoms with Gasteiger partial charge in [-0.25, -0.2) is 13.1 Å². The van der Waals surface area contributed by atoms with Gasteiger partial charge in [-0.1, -0.05) is 6.07 Å². The van der Waals surface area contributed by atoms with Gasteiger partial charge < -0.3 is 5.32 Å². The second kappa shape index (κ2) is 4.74. The first-order valence-electron chi connectivity index (χ1n) is 4.69. The molecule has 0 saturated carbocycles. The maximum atomic E-state index is 11.5. The van der Waals surface area contributed by atoms with Gasteiger partial charge in [0.1, 0.15) is 0 Å². The van der Waals surface area contributed by atoms with Crippen molar-refractivity contribution in [2.75, 3.05) is 14.1 Å². The molecule has 0 aliphatic rings. The minimum absolute atomic E-state index is 0.306. The van der Waals surface area contributed by atoms with Crippen molar-refractivity contribution < 1.29 is 8.42 Å². The summed E-state index contributed by atoms with van der Waals surface area (Å²) in [4.78, 5) is 0.306. The van der Waals surface area contributed by atoms with Gasteiger partial charge in [-0.3, -0.25) is 0 Å². The highest BCUT2D eigenvalue weighted by atomic mass is 32.2. The molecule has 0 atom stereocenters. The lowest BCUT2D eigenvalue weighted by molar-refractivity contribution is 0.588. The molecule has 0 unspecified atom stereocenters.